The van der Waals surface area contributed by atoms with Gasteiger partial charge in [-0.05, 0) is 93.3 Å². The quantitative estimate of drug-likeness (QED) is 0.123. The van der Waals surface area contributed by atoms with Gasteiger partial charge in [0.15, 0.2) is 11.5 Å². The van der Waals surface area contributed by atoms with E-state index in [-0.39, 0.29) is 5.92 Å². The monoisotopic (exact) mass is 843 g/mol. The SMILES string of the molecule is CCC(c1ccccc1)c1nc(-c2ccncc2)no1.CCOc1ccc(-c2nc(-c3cccc4[nH]ccc34)no2)cc1OCC.c1cc(-c2noc(C3CCCCC3)n2)ccn1. The third-order valence-electron chi connectivity index (χ3n) is 10.7. The van der Waals surface area contributed by atoms with E-state index in [9.17, 15) is 0 Å². The normalized spacial score (nSPS) is 13.1. The van der Waals surface area contributed by atoms with Gasteiger partial charge in [0.25, 0.3) is 5.89 Å². The largest absolute Gasteiger partial charge is 0.490 e. The molecule has 0 bridgehead atoms. The summed E-state index contributed by atoms with van der Waals surface area (Å²) in [6.45, 7) is 7.12. The van der Waals surface area contributed by atoms with Crippen molar-refractivity contribution >= 4 is 10.9 Å². The summed E-state index contributed by atoms with van der Waals surface area (Å²) in [5.74, 6) is 5.71. The number of nitrogens with zero attached hydrogens (tertiary/aromatic N) is 8. The van der Waals surface area contributed by atoms with Crippen molar-refractivity contribution in [3.63, 3.8) is 0 Å². The second kappa shape index (κ2) is 20.9. The van der Waals surface area contributed by atoms with Crippen LogP contribution in [0, 0.1) is 0 Å². The highest BCUT2D eigenvalue weighted by atomic mass is 16.5. The smallest absolute Gasteiger partial charge is 0.258 e. The highest BCUT2D eigenvalue weighted by Crippen LogP contribution is 2.35. The van der Waals surface area contributed by atoms with Crippen molar-refractivity contribution in [1.29, 1.82) is 0 Å². The van der Waals surface area contributed by atoms with Crippen molar-refractivity contribution in [2.75, 3.05) is 13.2 Å². The van der Waals surface area contributed by atoms with Crippen LogP contribution in [0.25, 0.3) is 56.5 Å². The molecule has 0 radical (unpaired) electrons. The molecular formula is C49H49N9O5. The van der Waals surface area contributed by atoms with E-state index in [0.29, 0.717) is 59.9 Å². The summed E-state index contributed by atoms with van der Waals surface area (Å²) in [6, 6.07) is 31.4. The van der Waals surface area contributed by atoms with Crippen LogP contribution in [-0.2, 0) is 0 Å². The lowest BCUT2D eigenvalue weighted by Gasteiger charge is -2.17. The molecule has 3 aromatic carbocycles. The van der Waals surface area contributed by atoms with Crippen molar-refractivity contribution in [3.05, 3.63) is 145 Å². The molecule has 1 N–H and O–H groups in total. The van der Waals surface area contributed by atoms with Gasteiger partial charge in [-0.1, -0.05) is 84.1 Å². The van der Waals surface area contributed by atoms with Crippen LogP contribution in [0.1, 0.15) is 88.5 Å². The highest BCUT2D eigenvalue weighted by Gasteiger charge is 2.22. The summed E-state index contributed by atoms with van der Waals surface area (Å²) in [5, 5.41) is 13.3. The molecule has 1 atom stereocenters. The van der Waals surface area contributed by atoms with E-state index in [1.165, 1.54) is 37.7 Å². The molecule has 1 saturated carbocycles. The van der Waals surface area contributed by atoms with E-state index in [0.717, 1.165) is 45.5 Å². The van der Waals surface area contributed by atoms with Crippen molar-refractivity contribution in [2.45, 2.75) is 71.1 Å². The molecule has 1 aliphatic carbocycles. The summed E-state index contributed by atoms with van der Waals surface area (Å²) in [7, 11) is 0. The number of aromatic amines is 1. The topological polar surface area (TPSA) is 177 Å². The molecule has 10 rings (SSSR count). The third kappa shape index (κ3) is 10.4. The van der Waals surface area contributed by atoms with Crippen LogP contribution < -0.4 is 9.47 Å². The molecule has 63 heavy (non-hydrogen) atoms. The molecule has 0 aliphatic heterocycles. The van der Waals surface area contributed by atoms with E-state index in [1.54, 1.807) is 24.8 Å². The Balaban J connectivity index is 0.000000133. The number of fused-ring (bicyclic) bond motifs is 1. The molecule has 14 nitrogen and oxygen atoms in total. The number of rotatable bonds is 12. The first kappa shape index (κ1) is 42.2. The van der Waals surface area contributed by atoms with Crippen molar-refractivity contribution in [2.24, 2.45) is 0 Å². The Labute approximate surface area is 365 Å². The Morgan fingerprint density at radius 1 is 0.619 bits per heavy atom. The summed E-state index contributed by atoms with van der Waals surface area (Å²) in [4.78, 5) is 24.8. The lowest BCUT2D eigenvalue weighted by Crippen LogP contribution is -2.04. The predicted molar refractivity (Wildman–Crippen MR) is 239 cm³/mol. The molecule has 6 aromatic heterocycles. The fourth-order valence-corrected chi connectivity index (χ4v) is 7.52. The zero-order valence-corrected chi connectivity index (χ0v) is 35.6. The minimum atomic E-state index is 0.138. The van der Waals surface area contributed by atoms with Crippen molar-refractivity contribution in [3.8, 4) is 57.1 Å². The Morgan fingerprint density at radius 3 is 2.02 bits per heavy atom. The summed E-state index contributed by atoms with van der Waals surface area (Å²) < 4.78 is 27.6. The van der Waals surface area contributed by atoms with E-state index in [1.807, 2.05) is 105 Å². The minimum Gasteiger partial charge on any atom is -0.490 e. The van der Waals surface area contributed by atoms with E-state index >= 15 is 0 Å². The number of hydrogen-bond acceptors (Lipinski definition) is 13. The highest BCUT2D eigenvalue weighted by molar-refractivity contribution is 5.93. The number of benzene rings is 3. The van der Waals surface area contributed by atoms with Crippen molar-refractivity contribution < 1.29 is 23.0 Å². The molecule has 1 aliphatic rings. The number of nitrogens with one attached hydrogen (secondary N) is 1. The van der Waals surface area contributed by atoms with Crippen LogP contribution in [0.15, 0.2) is 142 Å². The number of hydrogen-bond donors (Lipinski definition) is 1. The Kier molecular flexibility index (Phi) is 14.0. The second-order valence-corrected chi connectivity index (χ2v) is 14.8. The summed E-state index contributed by atoms with van der Waals surface area (Å²) in [5.41, 5.74) is 5.82. The molecule has 0 spiro atoms. The Morgan fingerprint density at radius 2 is 1.30 bits per heavy atom. The van der Waals surface area contributed by atoms with E-state index < -0.39 is 0 Å². The van der Waals surface area contributed by atoms with Crippen molar-refractivity contribution in [1.82, 2.24) is 45.4 Å². The molecule has 320 valence electrons. The zero-order valence-electron chi connectivity index (χ0n) is 35.6. The lowest BCUT2D eigenvalue weighted by molar-refractivity contribution is 0.288. The third-order valence-corrected chi connectivity index (χ3v) is 10.7. The first-order chi connectivity index (χ1) is 31.1. The van der Waals surface area contributed by atoms with Crippen LogP contribution in [0.4, 0.5) is 0 Å². The average Bonchev–Trinajstić information content (AvgIpc) is 4.20. The van der Waals surface area contributed by atoms with Gasteiger partial charge in [0.1, 0.15) is 0 Å². The number of H-pyrrole nitrogens is 1. The number of pyridine rings is 2. The fourth-order valence-electron chi connectivity index (χ4n) is 7.52. The van der Waals surface area contributed by atoms with Gasteiger partial charge in [-0.2, -0.15) is 15.0 Å². The molecule has 0 saturated heterocycles. The van der Waals surface area contributed by atoms with Gasteiger partial charge in [-0.15, -0.1) is 0 Å². The fraction of sp³-hybridized carbons (Fsp3) is 0.265. The average molecular weight is 844 g/mol. The molecule has 1 fully saturated rings. The first-order valence-electron chi connectivity index (χ1n) is 21.4. The summed E-state index contributed by atoms with van der Waals surface area (Å²) >= 11 is 0. The molecule has 9 aromatic rings. The Hall–Kier alpha value is -7.48. The van der Waals surface area contributed by atoms with Gasteiger partial charge in [0.2, 0.25) is 29.3 Å². The van der Waals surface area contributed by atoms with Crippen LogP contribution in [0.2, 0.25) is 0 Å². The Bertz CT molecular complexity index is 2760. The van der Waals surface area contributed by atoms with Gasteiger partial charge >= 0.3 is 0 Å². The molecule has 1 unspecified atom stereocenters. The molecule has 14 heteroatoms. The standard InChI is InChI=1S/C20H19N3O3.C16H15N3O.C13H15N3O/c1-3-24-17-9-8-13(12-18(17)25-4-2)20-22-19(23-26-20)15-6-5-7-16-14(15)10-11-21-16;1-2-14(12-6-4-3-5-7-12)16-18-15(19-20-16)13-8-10-17-11-9-13;1-2-4-11(5-3-1)13-15-12(16-17-13)10-6-8-14-9-7-10/h5-12,21H,3-4H2,1-2H3;3-11,14H,2H2,1H3;6-9,11H,1-5H2. The van der Waals surface area contributed by atoms with Gasteiger partial charge in [-0.3, -0.25) is 9.97 Å². The molecule has 0 amide bonds. The zero-order chi connectivity index (χ0) is 43.2. The summed E-state index contributed by atoms with van der Waals surface area (Å²) in [6.07, 6.45) is 16.0. The maximum absolute atomic E-state index is 5.67. The van der Waals surface area contributed by atoms with Gasteiger partial charge in [0, 0.05) is 70.1 Å². The van der Waals surface area contributed by atoms with Crippen LogP contribution in [0.5, 0.6) is 11.5 Å². The second-order valence-electron chi connectivity index (χ2n) is 14.8. The van der Waals surface area contributed by atoms with Gasteiger partial charge < -0.3 is 28.0 Å². The molecule has 6 heterocycles. The van der Waals surface area contributed by atoms with Crippen LogP contribution >= 0.6 is 0 Å². The molecular weight excluding hydrogens is 795 g/mol. The van der Waals surface area contributed by atoms with E-state index in [4.69, 9.17) is 23.0 Å². The van der Waals surface area contributed by atoms with E-state index in [2.05, 4.69) is 64.4 Å². The van der Waals surface area contributed by atoms with Gasteiger partial charge in [-0.25, -0.2) is 0 Å². The predicted octanol–water partition coefficient (Wildman–Crippen LogP) is 11.5. The maximum atomic E-state index is 5.67. The van der Waals surface area contributed by atoms with Crippen LogP contribution in [-0.4, -0.2) is 58.6 Å². The number of ether oxygens (including phenoxy) is 2. The lowest BCUT2D eigenvalue weighted by atomic mass is 9.89. The first-order valence-corrected chi connectivity index (χ1v) is 21.4. The van der Waals surface area contributed by atoms with Gasteiger partial charge in [0.05, 0.1) is 19.1 Å². The van der Waals surface area contributed by atoms with Crippen LogP contribution in [0.3, 0.4) is 0 Å². The number of aromatic nitrogens is 9. The minimum absolute atomic E-state index is 0.138. The maximum Gasteiger partial charge on any atom is 0.258 e.